The van der Waals surface area contributed by atoms with Gasteiger partial charge in [0.1, 0.15) is 24.2 Å². The van der Waals surface area contributed by atoms with E-state index in [1.54, 1.807) is 12.3 Å². The van der Waals surface area contributed by atoms with E-state index >= 15 is 0 Å². The standard InChI is InChI=1S/C18H26N4O3/c23-18(14-5-6-19-13-20-14)22-12-16(17-15(22)4-3-10-25-17)24-11-9-21-7-1-2-8-21/h5-6,13,15-17H,1-4,7-12H2/t15-,16+,17+/m1/s1. The Labute approximate surface area is 148 Å². The van der Waals surface area contributed by atoms with Crippen LogP contribution in [0.4, 0.5) is 0 Å². The maximum atomic E-state index is 12.8. The van der Waals surface area contributed by atoms with Gasteiger partial charge in [-0.1, -0.05) is 0 Å². The van der Waals surface area contributed by atoms with Gasteiger partial charge in [-0.05, 0) is 44.8 Å². The Morgan fingerprint density at radius 2 is 2.20 bits per heavy atom. The number of carbonyl (C=O) groups is 1. The van der Waals surface area contributed by atoms with Gasteiger partial charge in [-0.15, -0.1) is 0 Å². The van der Waals surface area contributed by atoms with Gasteiger partial charge >= 0.3 is 0 Å². The maximum Gasteiger partial charge on any atom is 0.273 e. The minimum Gasteiger partial charge on any atom is -0.373 e. The minimum absolute atomic E-state index is 0.0156. The number of fused-ring (bicyclic) bond motifs is 1. The fourth-order valence-corrected chi connectivity index (χ4v) is 4.19. The monoisotopic (exact) mass is 346 g/mol. The number of rotatable bonds is 5. The molecule has 136 valence electrons. The molecule has 1 amide bonds. The van der Waals surface area contributed by atoms with Crippen LogP contribution in [0, 0.1) is 0 Å². The van der Waals surface area contributed by atoms with Crippen molar-refractivity contribution in [2.24, 2.45) is 0 Å². The van der Waals surface area contributed by atoms with E-state index in [9.17, 15) is 4.79 Å². The largest absolute Gasteiger partial charge is 0.373 e. The van der Waals surface area contributed by atoms with Gasteiger partial charge < -0.3 is 19.3 Å². The molecule has 0 unspecified atom stereocenters. The highest BCUT2D eigenvalue weighted by Gasteiger charge is 2.47. The van der Waals surface area contributed by atoms with Crippen molar-refractivity contribution in [3.8, 4) is 0 Å². The molecule has 0 saturated carbocycles. The molecular formula is C18H26N4O3. The normalized spacial score (nSPS) is 29.8. The number of nitrogens with zero attached hydrogens (tertiary/aromatic N) is 4. The predicted octanol–water partition coefficient (Wildman–Crippen LogP) is 0.961. The molecule has 3 fully saturated rings. The van der Waals surface area contributed by atoms with Crippen molar-refractivity contribution in [2.75, 3.05) is 39.4 Å². The fraction of sp³-hybridized carbons (Fsp3) is 0.722. The lowest BCUT2D eigenvalue weighted by Gasteiger charge is -2.32. The minimum atomic E-state index is -0.0476. The summed E-state index contributed by atoms with van der Waals surface area (Å²) in [4.78, 5) is 25.2. The second kappa shape index (κ2) is 7.76. The van der Waals surface area contributed by atoms with Crippen LogP contribution in [-0.2, 0) is 9.47 Å². The van der Waals surface area contributed by atoms with Crippen LogP contribution in [-0.4, -0.2) is 83.3 Å². The Morgan fingerprint density at radius 1 is 1.32 bits per heavy atom. The quantitative estimate of drug-likeness (QED) is 0.791. The van der Waals surface area contributed by atoms with E-state index < -0.39 is 0 Å². The zero-order valence-corrected chi connectivity index (χ0v) is 14.5. The third-order valence-corrected chi connectivity index (χ3v) is 5.48. The van der Waals surface area contributed by atoms with Gasteiger partial charge in [0.05, 0.1) is 19.2 Å². The Kier molecular flexibility index (Phi) is 5.24. The molecule has 3 aliphatic rings. The van der Waals surface area contributed by atoms with Gasteiger partial charge in [0, 0.05) is 19.3 Å². The van der Waals surface area contributed by atoms with Crippen LogP contribution in [0.5, 0.6) is 0 Å². The van der Waals surface area contributed by atoms with Crippen molar-refractivity contribution in [3.63, 3.8) is 0 Å². The van der Waals surface area contributed by atoms with E-state index in [0.29, 0.717) is 18.8 Å². The highest BCUT2D eigenvalue weighted by Crippen LogP contribution is 2.31. The molecule has 0 radical (unpaired) electrons. The number of aromatic nitrogens is 2. The molecule has 0 N–H and O–H groups in total. The van der Waals surface area contributed by atoms with E-state index in [0.717, 1.165) is 26.0 Å². The molecular weight excluding hydrogens is 320 g/mol. The summed E-state index contributed by atoms with van der Waals surface area (Å²) in [5.41, 5.74) is 0.442. The van der Waals surface area contributed by atoms with Crippen molar-refractivity contribution in [1.29, 1.82) is 0 Å². The lowest BCUT2D eigenvalue weighted by molar-refractivity contribution is -0.0782. The summed E-state index contributed by atoms with van der Waals surface area (Å²) < 4.78 is 12.1. The van der Waals surface area contributed by atoms with Crippen LogP contribution in [0.2, 0.25) is 0 Å². The van der Waals surface area contributed by atoms with Crippen molar-refractivity contribution in [2.45, 2.75) is 43.9 Å². The van der Waals surface area contributed by atoms with Crippen LogP contribution in [0.3, 0.4) is 0 Å². The number of ether oxygens (including phenoxy) is 2. The molecule has 7 heteroatoms. The average Bonchev–Trinajstić information content (AvgIpc) is 3.30. The number of amides is 1. The first-order chi connectivity index (χ1) is 12.3. The van der Waals surface area contributed by atoms with Gasteiger partial charge in [-0.25, -0.2) is 9.97 Å². The Morgan fingerprint density at radius 3 is 3.00 bits per heavy atom. The summed E-state index contributed by atoms with van der Waals surface area (Å²) in [5, 5.41) is 0. The molecule has 1 aromatic heterocycles. The zero-order chi connectivity index (χ0) is 17.1. The number of carbonyl (C=O) groups excluding carboxylic acids is 1. The maximum absolute atomic E-state index is 12.8. The second-order valence-electron chi connectivity index (χ2n) is 7.06. The summed E-state index contributed by atoms with van der Waals surface area (Å²) in [7, 11) is 0. The van der Waals surface area contributed by atoms with Gasteiger partial charge in [0.25, 0.3) is 5.91 Å². The average molecular weight is 346 g/mol. The van der Waals surface area contributed by atoms with Crippen LogP contribution in [0.15, 0.2) is 18.6 Å². The van der Waals surface area contributed by atoms with Gasteiger partial charge in [0.2, 0.25) is 0 Å². The molecule has 3 aliphatic heterocycles. The Bertz CT molecular complexity index is 579. The van der Waals surface area contributed by atoms with Crippen molar-refractivity contribution in [3.05, 3.63) is 24.3 Å². The highest BCUT2D eigenvalue weighted by atomic mass is 16.5. The summed E-state index contributed by atoms with van der Waals surface area (Å²) in [6, 6.07) is 1.76. The van der Waals surface area contributed by atoms with Gasteiger partial charge in [0.15, 0.2) is 0 Å². The molecule has 0 aliphatic carbocycles. The van der Waals surface area contributed by atoms with E-state index in [1.165, 1.54) is 32.3 Å². The molecule has 0 aromatic carbocycles. The Balaban J connectivity index is 1.39. The lowest BCUT2D eigenvalue weighted by atomic mass is 10.0. The first-order valence-electron chi connectivity index (χ1n) is 9.35. The number of likely N-dealkylation sites (tertiary alicyclic amines) is 2. The summed E-state index contributed by atoms with van der Waals surface area (Å²) in [6.07, 6.45) is 7.49. The van der Waals surface area contributed by atoms with E-state index in [1.807, 2.05) is 4.90 Å². The Hall–Kier alpha value is -1.57. The first-order valence-corrected chi connectivity index (χ1v) is 9.35. The van der Waals surface area contributed by atoms with Crippen LogP contribution in [0.25, 0.3) is 0 Å². The molecule has 0 spiro atoms. The molecule has 0 bridgehead atoms. The molecule has 1 aromatic rings. The molecule has 7 nitrogen and oxygen atoms in total. The summed E-state index contributed by atoms with van der Waals surface area (Å²) in [6.45, 7) is 5.35. The smallest absolute Gasteiger partial charge is 0.273 e. The molecule has 4 rings (SSSR count). The second-order valence-corrected chi connectivity index (χ2v) is 7.06. The molecule has 3 atom stereocenters. The lowest BCUT2D eigenvalue weighted by Crippen LogP contribution is -2.44. The van der Waals surface area contributed by atoms with Gasteiger partial charge in [-0.3, -0.25) is 4.79 Å². The zero-order valence-electron chi connectivity index (χ0n) is 14.5. The van der Waals surface area contributed by atoms with Crippen LogP contribution >= 0.6 is 0 Å². The topological polar surface area (TPSA) is 67.8 Å². The van der Waals surface area contributed by atoms with Crippen molar-refractivity contribution < 1.29 is 14.3 Å². The molecule has 4 heterocycles. The SMILES string of the molecule is O=C(c1ccncn1)N1C[C@H](OCCN2CCCC2)[C@H]2OCCC[C@H]21. The number of hydrogen-bond donors (Lipinski definition) is 0. The van der Waals surface area contributed by atoms with Crippen molar-refractivity contribution in [1.82, 2.24) is 19.8 Å². The van der Waals surface area contributed by atoms with E-state index in [2.05, 4.69) is 14.9 Å². The van der Waals surface area contributed by atoms with Crippen molar-refractivity contribution >= 4 is 5.91 Å². The molecule has 25 heavy (non-hydrogen) atoms. The van der Waals surface area contributed by atoms with Crippen LogP contribution in [0.1, 0.15) is 36.2 Å². The predicted molar refractivity (Wildman–Crippen MR) is 91.2 cm³/mol. The highest BCUT2D eigenvalue weighted by molar-refractivity contribution is 5.92. The third kappa shape index (κ3) is 3.68. The first kappa shape index (κ1) is 16.9. The van der Waals surface area contributed by atoms with E-state index in [-0.39, 0.29) is 24.2 Å². The van der Waals surface area contributed by atoms with Gasteiger partial charge in [-0.2, -0.15) is 0 Å². The number of hydrogen-bond acceptors (Lipinski definition) is 6. The fourth-order valence-electron chi connectivity index (χ4n) is 4.19. The van der Waals surface area contributed by atoms with Crippen LogP contribution < -0.4 is 0 Å². The summed E-state index contributed by atoms with van der Waals surface area (Å²) >= 11 is 0. The molecule has 3 saturated heterocycles. The summed E-state index contributed by atoms with van der Waals surface area (Å²) in [5.74, 6) is -0.0476. The third-order valence-electron chi connectivity index (χ3n) is 5.48. The van der Waals surface area contributed by atoms with E-state index in [4.69, 9.17) is 9.47 Å².